The molecule has 0 spiro atoms. The van der Waals surface area contributed by atoms with Crippen molar-refractivity contribution in [3.05, 3.63) is 16.1 Å². The predicted octanol–water partition coefficient (Wildman–Crippen LogP) is 1.73. The summed E-state index contributed by atoms with van der Waals surface area (Å²) in [7, 11) is 1.80. The molecule has 8 heteroatoms. The van der Waals surface area contributed by atoms with Crippen LogP contribution < -0.4 is 0 Å². The van der Waals surface area contributed by atoms with Gasteiger partial charge in [-0.3, -0.25) is 4.79 Å². The van der Waals surface area contributed by atoms with Gasteiger partial charge in [0, 0.05) is 19.2 Å². The quantitative estimate of drug-likeness (QED) is 0.456. The number of rotatable bonds is 6. The summed E-state index contributed by atoms with van der Waals surface area (Å²) in [5.74, 6) is 1.00. The van der Waals surface area contributed by atoms with Gasteiger partial charge >= 0.3 is 0 Å². The fraction of sp³-hybridized carbons (Fsp3) is 0.500. The highest BCUT2D eigenvalue weighted by molar-refractivity contribution is 7.99. The fourth-order valence-corrected chi connectivity index (χ4v) is 2.98. The minimum Gasteiger partial charge on any atom is -0.293 e. The van der Waals surface area contributed by atoms with E-state index in [9.17, 15) is 4.79 Å². The number of tetrazole rings is 1. The van der Waals surface area contributed by atoms with Crippen molar-refractivity contribution in [3.8, 4) is 0 Å². The van der Waals surface area contributed by atoms with Crippen LogP contribution >= 0.6 is 23.1 Å². The lowest BCUT2D eigenvalue weighted by molar-refractivity contribution is 0.0985. The minimum absolute atomic E-state index is 0.173. The second-order valence-corrected chi connectivity index (χ2v) is 5.64. The molecule has 0 unspecified atom stereocenters. The monoisotopic (exact) mass is 283 g/mol. The van der Waals surface area contributed by atoms with Crippen molar-refractivity contribution >= 4 is 28.9 Å². The number of carbonyl (C=O) groups is 1. The number of hydrogen-bond donors (Lipinski definition) is 0. The Morgan fingerprint density at radius 2 is 2.39 bits per heavy atom. The van der Waals surface area contributed by atoms with Gasteiger partial charge in [-0.15, -0.1) is 16.4 Å². The first-order valence-corrected chi connectivity index (χ1v) is 7.33. The molecule has 96 valence electrons. The number of nitrogens with zero attached hydrogens (tertiary/aromatic N) is 5. The standard InChI is InChI=1S/C10H13N5OS2/c1-7-9(18-6-11-7)8(16)4-3-5-17-10-12-13-14-15(10)2/h6H,3-5H2,1-2H3. The Morgan fingerprint density at radius 1 is 1.56 bits per heavy atom. The average molecular weight is 283 g/mol. The van der Waals surface area contributed by atoms with E-state index >= 15 is 0 Å². The molecule has 0 radical (unpaired) electrons. The van der Waals surface area contributed by atoms with Gasteiger partial charge in [0.1, 0.15) is 0 Å². The molecular weight excluding hydrogens is 270 g/mol. The normalized spacial score (nSPS) is 10.8. The van der Waals surface area contributed by atoms with E-state index in [1.165, 1.54) is 11.3 Å². The summed E-state index contributed by atoms with van der Waals surface area (Å²) in [5.41, 5.74) is 2.54. The Bertz CT molecular complexity index is 536. The molecule has 0 fully saturated rings. The van der Waals surface area contributed by atoms with E-state index in [0.29, 0.717) is 6.42 Å². The van der Waals surface area contributed by atoms with Crippen molar-refractivity contribution in [2.75, 3.05) is 5.75 Å². The van der Waals surface area contributed by atoms with Crippen LogP contribution in [0, 0.1) is 6.92 Å². The topological polar surface area (TPSA) is 73.6 Å². The van der Waals surface area contributed by atoms with E-state index in [2.05, 4.69) is 20.5 Å². The molecular formula is C10H13N5OS2. The van der Waals surface area contributed by atoms with Gasteiger partial charge in [-0.25, -0.2) is 9.67 Å². The fourth-order valence-electron chi connectivity index (χ4n) is 1.42. The number of aromatic nitrogens is 5. The molecule has 0 aliphatic carbocycles. The van der Waals surface area contributed by atoms with Crippen molar-refractivity contribution in [3.63, 3.8) is 0 Å². The SMILES string of the molecule is Cc1ncsc1C(=O)CCCSc1nnnn1C. The zero-order chi connectivity index (χ0) is 13.0. The molecule has 2 rings (SSSR count). The van der Waals surface area contributed by atoms with Gasteiger partial charge < -0.3 is 0 Å². The Labute approximate surface area is 113 Å². The number of Topliss-reactive ketones (excluding diaryl/α,β-unsaturated/α-hetero) is 1. The second-order valence-electron chi connectivity index (χ2n) is 3.73. The Balaban J connectivity index is 1.75. The maximum atomic E-state index is 11.9. The zero-order valence-corrected chi connectivity index (χ0v) is 11.8. The van der Waals surface area contributed by atoms with Gasteiger partial charge in [0.05, 0.1) is 16.1 Å². The molecule has 6 nitrogen and oxygen atoms in total. The van der Waals surface area contributed by atoms with E-state index in [0.717, 1.165) is 27.9 Å². The zero-order valence-electron chi connectivity index (χ0n) is 10.2. The third kappa shape index (κ3) is 3.14. The van der Waals surface area contributed by atoms with Crippen molar-refractivity contribution < 1.29 is 4.79 Å². The van der Waals surface area contributed by atoms with Crippen LogP contribution in [-0.2, 0) is 7.05 Å². The average Bonchev–Trinajstić information content (AvgIpc) is 2.94. The van der Waals surface area contributed by atoms with E-state index in [1.54, 1.807) is 29.0 Å². The van der Waals surface area contributed by atoms with Crippen molar-refractivity contribution in [1.82, 2.24) is 25.2 Å². The van der Waals surface area contributed by atoms with Gasteiger partial charge in [-0.1, -0.05) is 11.8 Å². The minimum atomic E-state index is 0.173. The molecule has 0 aliphatic rings. The van der Waals surface area contributed by atoms with E-state index in [-0.39, 0.29) is 5.78 Å². The van der Waals surface area contributed by atoms with E-state index < -0.39 is 0 Å². The molecule has 0 amide bonds. The molecule has 0 N–H and O–H groups in total. The molecule has 0 aliphatic heterocycles. The number of ketones is 1. The van der Waals surface area contributed by atoms with Gasteiger partial charge in [0.25, 0.3) is 0 Å². The number of aryl methyl sites for hydroxylation is 2. The van der Waals surface area contributed by atoms with Crippen LogP contribution in [0.5, 0.6) is 0 Å². The first-order valence-electron chi connectivity index (χ1n) is 5.47. The van der Waals surface area contributed by atoms with Crippen molar-refractivity contribution in [2.45, 2.75) is 24.9 Å². The van der Waals surface area contributed by atoms with Crippen LogP contribution in [0.1, 0.15) is 28.2 Å². The molecule has 0 aromatic carbocycles. The Hall–Kier alpha value is -1.28. The first-order chi connectivity index (χ1) is 8.68. The smallest absolute Gasteiger partial charge is 0.209 e. The molecule has 0 bridgehead atoms. The lowest BCUT2D eigenvalue weighted by Gasteiger charge is -1.99. The molecule has 2 aromatic rings. The van der Waals surface area contributed by atoms with Crippen LogP contribution in [0.3, 0.4) is 0 Å². The van der Waals surface area contributed by atoms with Crippen LogP contribution in [0.25, 0.3) is 0 Å². The first kappa shape index (κ1) is 13.2. The van der Waals surface area contributed by atoms with Gasteiger partial charge in [-0.2, -0.15) is 0 Å². The third-order valence-electron chi connectivity index (χ3n) is 2.36. The van der Waals surface area contributed by atoms with Gasteiger partial charge in [0.15, 0.2) is 5.78 Å². The van der Waals surface area contributed by atoms with Crippen molar-refractivity contribution in [2.24, 2.45) is 7.05 Å². The van der Waals surface area contributed by atoms with Gasteiger partial charge in [0.2, 0.25) is 5.16 Å². The molecule has 0 saturated carbocycles. The van der Waals surface area contributed by atoms with Crippen LogP contribution in [0.15, 0.2) is 10.7 Å². The Morgan fingerprint density at radius 3 is 3.00 bits per heavy atom. The summed E-state index contributed by atoms with van der Waals surface area (Å²) in [6.45, 7) is 1.86. The maximum absolute atomic E-state index is 11.9. The van der Waals surface area contributed by atoms with Gasteiger partial charge in [-0.05, 0) is 23.8 Å². The molecule has 0 saturated heterocycles. The van der Waals surface area contributed by atoms with E-state index in [4.69, 9.17) is 0 Å². The summed E-state index contributed by atoms with van der Waals surface area (Å²) in [4.78, 5) is 16.7. The van der Waals surface area contributed by atoms with Crippen molar-refractivity contribution in [1.29, 1.82) is 0 Å². The maximum Gasteiger partial charge on any atom is 0.209 e. The highest BCUT2D eigenvalue weighted by atomic mass is 32.2. The predicted molar refractivity (Wildman–Crippen MR) is 69.9 cm³/mol. The molecule has 18 heavy (non-hydrogen) atoms. The Kier molecular flexibility index (Phi) is 4.43. The summed E-state index contributed by atoms with van der Waals surface area (Å²) >= 11 is 2.97. The number of hydrogen-bond acceptors (Lipinski definition) is 7. The number of thiazole rings is 1. The van der Waals surface area contributed by atoms with Crippen LogP contribution in [-0.4, -0.2) is 36.7 Å². The molecule has 2 heterocycles. The third-order valence-corrected chi connectivity index (χ3v) is 4.43. The molecule has 0 atom stereocenters. The number of thioether (sulfide) groups is 1. The lowest BCUT2D eigenvalue weighted by Crippen LogP contribution is -2.00. The highest BCUT2D eigenvalue weighted by Gasteiger charge is 2.11. The summed E-state index contributed by atoms with van der Waals surface area (Å²) in [5, 5.41) is 11.9. The second kappa shape index (κ2) is 6.05. The van der Waals surface area contributed by atoms with Crippen LogP contribution in [0.2, 0.25) is 0 Å². The number of carbonyl (C=O) groups excluding carboxylic acids is 1. The van der Waals surface area contributed by atoms with E-state index in [1.807, 2.05) is 6.92 Å². The lowest BCUT2D eigenvalue weighted by atomic mass is 10.2. The summed E-state index contributed by atoms with van der Waals surface area (Å²) in [6.07, 6.45) is 1.36. The molecule has 2 aromatic heterocycles. The van der Waals surface area contributed by atoms with Crippen LogP contribution in [0.4, 0.5) is 0 Å². The largest absolute Gasteiger partial charge is 0.293 e. The summed E-state index contributed by atoms with van der Waals surface area (Å²) in [6, 6.07) is 0. The highest BCUT2D eigenvalue weighted by Crippen LogP contribution is 2.18. The summed E-state index contributed by atoms with van der Waals surface area (Å²) < 4.78 is 1.62.